The predicted octanol–water partition coefficient (Wildman–Crippen LogP) is 4.77. The van der Waals surface area contributed by atoms with E-state index in [1.807, 2.05) is 68.6 Å². The second-order valence-electron chi connectivity index (χ2n) is 9.35. The summed E-state index contributed by atoms with van der Waals surface area (Å²) in [6.45, 7) is 5.72. The number of pyridine rings is 1. The summed E-state index contributed by atoms with van der Waals surface area (Å²) in [5.74, 6) is -0.244. The molecule has 0 saturated carbocycles. The summed E-state index contributed by atoms with van der Waals surface area (Å²) in [6, 6.07) is 16.9. The minimum absolute atomic E-state index is 0.244. The Hall–Kier alpha value is -4.17. The van der Waals surface area contributed by atoms with Crippen LogP contribution in [0.5, 0.6) is 0 Å². The third-order valence-electron chi connectivity index (χ3n) is 6.71. The van der Waals surface area contributed by atoms with Gasteiger partial charge in [-0.3, -0.25) is 9.20 Å². The molecule has 5 rings (SSSR count). The summed E-state index contributed by atoms with van der Waals surface area (Å²) in [4.78, 5) is 32.4. The van der Waals surface area contributed by atoms with Gasteiger partial charge in [0.15, 0.2) is 0 Å². The van der Waals surface area contributed by atoms with Crippen molar-refractivity contribution in [3.63, 3.8) is 0 Å². The van der Waals surface area contributed by atoms with E-state index in [9.17, 15) is 9.59 Å². The van der Waals surface area contributed by atoms with Crippen molar-refractivity contribution in [2.24, 2.45) is 0 Å². The fourth-order valence-corrected chi connectivity index (χ4v) is 4.64. The molecule has 1 atom stereocenters. The van der Waals surface area contributed by atoms with Crippen molar-refractivity contribution >= 4 is 29.0 Å². The number of hydrogen-bond donors (Lipinski definition) is 3. The number of anilines is 2. The van der Waals surface area contributed by atoms with Crippen LogP contribution in [-0.4, -0.2) is 39.8 Å². The van der Waals surface area contributed by atoms with Gasteiger partial charge >= 0.3 is 6.03 Å². The zero-order valence-corrected chi connectivity index (χ0v) is 20.7. The lowest BCUT2D eigenvalue weighted by atomic mass is 9.98. The van der Waals surface area contributed by atoms with Gasteiger partial charge in [0.05, 0.1) is 12.2 Å². The number of carbonyl (C=O) groups excluding carboxylic acids is 2. The van der Waals surface area contributed by atoms with Crippen LogP contribution < -0.4 is 16.0 Å². The molecule has 0 aliphatic carbocycles. The SMILES string of the molecule is Cc1ccc([C@H](C)NC(=O)Nc2cccc3c2CCN(C)C3)cc1NC(=O)c1cnc2ccccn12. The third-order valence-corrected chi connectivity index (χ3v) is 6.71. The highest BCUT2D eigenvalue weighted by Crippen LogP contribution is 2.26. The first-order valence-electron chi connectivity index (χ1n) is 12.1. The quantitative estimate of drug-likeness (QED) is 0.382. The second-order valence-corrected chi connectivity index (χ2v) is 9.35. The number of imidazole rings is 1. The molecule has 0 bridgehead atoms. The first kappa shape index (κ1) is 23.6. The van der Waals surface area contributed by atoms with Gasteiger partial charge < -0.3 is 20.9 Å². The Morgan fingerprint density at radius 2 is 1.89 bits per heavy atom. The molecule has 2 aromatic carbocycles. The molecule has 4 aromatic rings. The van der Waals surface area contributed by atoms with Crippen molar-refractivity contribution in [3.8, 4) is 0 Å². The lowest BCUT2D eigenvalue weighted by Gasteiger charge is -2.27. The number of aryl methyl sites for hydroxylation is 1. The summed E-state index contributed by atoms with van der Waals surface area (Å²) >= 11 is 0. The molecular formula is C28H30N6O2. The molecule has 3 amide bonds. The van der Waals surface area contributed by atoms with Crippen LogP contribution in [0.15, 0.2) is 67.0 Å². The molecule has 36 heavy (non-hydrogen) atoms. The van der Waals surface area contributed by atoms with Gasteiger partial charge in [0.1, 0.15) is 11.3 Å². The van der Waals surface area contributed by atoms with Crippen molar-refractivity contribution in [2.45, 2.75) is 32.9 Å². The fraction of sp³-hybridized carbons (Fsp3) is 0.250. The Bertz CT molecular complexity index is 1440. The number of carbonyl (C=O) groups is 2. The molecule has 1 aliphatic rings. The molecule has 2 aromatic heterocycles. The van der Waals surface area contributed by atoms with Gasteiger partial charge in [-0.15, -0.1) is 0 Å². The van der Waals surface area contributed by atoms with E-state index in [0.29, 0.717) is 17.0 Å². The van der Waals surface area contributed by atoms with Gasteiger partial charge in [0.2, 0.25) is 0 Å². The maximum Gasteiger partial charge on any atom is 0.319 e. The van der Waals surface area contributed by atoms with Crippen LogP contribution in [-0.2, 0) is 13.0 Å². The van der Waals surface area contributed by atoms with Gasteiger partial charge in [-0.25, -0.2) is 9.78 Å². The summed E-state index contributed by atoms with van der Waals surface area (Å²) in [7, 11) is 2.10. The van der Waals surface area contributed by atoms with Crippen molar-refractivity contribution in [2.75, 3.05) is 24.2 Å². The van der Waals surface area contributed by atoms with Gasteiger partial charge in [-0.2, -0.15) is 0 Å². The van der Waals surface area contributed by atoms with E-state index >= 15 is 0 Å². The Kier molecular flexibility index (Phi) is 6.43. The minimum atomic E-state index is -0.261. The van der Waals surface area contributed by atoms with E-state index < -0.39 is 0 Å². The molecule has 0 radical (unpaired) electrons. The highest BCUT2D eigenvalue weighted by Gasteiger charge is 2.19. The number of fused-ring (bicyclic) bond motifs is 2. The maximum absolute atomic E-state index is 13.0. The van der Waals surface area contributed by atoms with Gasteiger partial charge in [0.25, 0.3) is 5.91 Å². The van der Waals surface area contributed by atoms with Crippen LogP contribution >= 0.6 is 0 Å². The number of aromatic nitrogens is 2. The average molecular weight is 483 g/mol. The Morgan fingerprint density at radius 3 is 2.75 bits per heavy atom. The molecule has 0 saturated heterocycles. The highest BCUT2D eigenvalue weighted by atomic mass is 16.2. The summed E-state index contributed by atoms with van der Waals surface area (Å²) < 4.78 is 1.75. The van der Waals surface area contributed by atoms with E-state index in [2.05, 4.69) is 38.9 Å². The monoisotopic (exact) mass is 482 g/mol. The normalized spacial score (nSPS) is 14.2. The van der Waals surface area contributed by atoms with Gasteiger partial charge in [0, 0.05) is 30.7 Å². The van der Waals surface area contributed by atoms with E-state index in [-0.39, 0.29) is 18.0 Å². The lowest BCUT2D eigenvalue weighted by Crippen LogP contribution is -2.33. The number of likely N-dealkylation sites (N-methyl/N-ethyl adjacent to an activating group) is 1. The van der Waals surface area contributed by atoms with E-state index in [4.69, 9.17) is 0 Å². The number of nitrogens with zero attached hydrogens (tertiary/aromatic N) is 3. The van der Waals surface area contributed by atoms with Crippen LogP contribution in [0.3, 0.4) is 0 Å². The van der Waals surface area contributed by atoms with Crippen molar-refractivity contribution < 1.29 is 9.59 Å². The van der Waals surface area contributed by atoms with Crippen molar-refractivity contribution in [3.05, 3.63) is 94.9 Å². The zero-order chi connectivity index (χ0) is 25.2. The molecule has 3 heterocycles. The Labute approximate surface area is 210 Å². The molecule has 184 valence electrons. The van der Waals surface area contributed by atoms with E-state index in [1.165, 1.54) is 11.1 Å². The highest BCUT2D eigenvalue weighted by molar-refractivity contribution is 6.04. The molecule has 1 aliphatic heterocycles. The van der Waals surface area contributed by atoms with Crippen LogP contribution in [0.25, 0.3) is 5.65 Å². The van der Waals surface area contributed by atoms with Crippen molar-refractivity contribution in [1.82, 2.24) is 19.6 Å². The fourth-order valence-electron chi connectivity index (χ4n) is 4.64. The summed E-state index contributed by atoms with van der Waals surface area (Å²) in [6.07, 6.45) is 4.29. The summed E-state index contributed by atoms with van der Waals surface area (Å²) in [5.41, 5.74) is 6.99. The number of hydrogen-bond acceptors (Lipinski definition) is 4. The Morgan fingerprint density at radius 1 is 1.03 bits per heavy atom. The Balaban J connectivity index is 1.28. The standard InChI is InChI=1S/C28H30N6O2/c1-18-10-11-20(15-24(18)31-27(35)25-16-29-26-9-4-5-13-34(25)26)19(2)30-28(36)32-23-8-6-7-21-17-33(3)14-12-22(21)23/h4-11,13,15-16,19H,12,14,17H2,1-3H3,(H,31,35)(H2,30,32,36)/t19-/m0/s1. The summed E-state index contributed by atoms with van der Waals surface area (Å²) in [5, 5.41) is 9.05. The molecule has 8 nitrogen and oxygen atoms in total. The van der Waals surface area contributed by atoms with Gasteiger partial charge in [-0.05, 0) is 73.8 Å². The average Bonchev–Trinajstić information content (AvgIpc) is 3.29. The molecular weight excluding hydrogens is 452 g/mol. The van der Waals surface area contributed by atoms with E-state index in [1.54, 1.807) is 10.6 Å². The molecule has 3 N–H and O–H groups in total. The van der Waals surface area contributed by atoms with Crippen molar-refractivity contribution in [1.29, 1.82) is 0 Å². The molecule has 0 spiro atoms. The second kappa shape index (κ2) is 9.83. The lowest BCUT2D eigenvalue weighted by molar-refractivity contribution is 0.102. The number of nitrogens with one attached hydrogen (secondary N) is 3. The zero-order valence-electron chi connectivity index (χ0n) is 20.7. The van der Waals surface area contributed by atoms with Crippen LogP contribution in [0.4, 0.5) is 16.2 Å². The van der Waals surface area contributed by atoms with Gasteiger partial charge in [-0.1, -0.05) is 30.3 Å². The molecule has 0 fully saturated rings. The third kappa shape index (κ3) is 4.81. The number of benzene rings is 2. The topological polar surface area (TPSA) is 90.8 Å². The minimum Gasteiger partial charge on any atom is -0.331 e. The first-order chi connectivity index (χ1) is 17.4. The number of rotatable bonds is 5. The molecule has 0 unspecified atom stereocenters. The van der Waals surface area contributed by atoms with Crippen LogP contribution in [0, 0.1) is 6.92 Å². The van der Waals surface area contributed by atoms with Crippen LogP contribution in [0.2, 0.25) is 0 Å². The number of urea groups is 1. The van der Waals surface area contributed by atoms with Crippen LogP contribution in [0.1, 0.15) is 45.7 Å². The largest absolute Gasteiger partial charge is 0.331 e. The first-order valence-corrected chi connectivity index (χ1v) is 12.1. The van der Waals surface area contributed by atoms with E-state index in [0.717, 1.165) is 36.3 Å². The predicted molar refractivity (Wildman–Crippen MR) is 141 cm³/mol. The molecule has 8 heteroatoms. The maximum atomic E-state index is 13.0. The smallest absolute Gasteiger partial charge is 0.319 e. The number of amides is 3.